The molecule has 0 saturated carbocycles. The van der Waals surface area contributed by atoms with E-state index in [1.54, 1.807) is 12.2 Å². The van der Waals surface area contributed by atoms with Gasteiger partial charge in [0.2, 0.25) is 0 Å². The molecule has 0 spiro atoms. The smallest absolute Gasteiger partial charge is 0.317 e. The number of aliphatic hydroxyl groups excluding tert-OH is 1. The Morgan fingerprint density at radius 3 is 2.25 bits per heavy atom. The number of hydrogen-bond acceptors (Lipinski definition) is 3. The topological polar surface area (TPSA) is 83.5 Å². The van der Waals surface area contributed by atoms with E-state index in [4.69, 9.17) is 10.2 Å². The summed E-state index contributed by atoms with van der Waals surface area (Å²) in [6, 6.07) is 0. The van der Waals surface area contributed by atoms with Crippen molar-refractivity contribution >= 4 is 5.97 Å². The lowest BCUT2D eigenvalue weighted by Crippen LogP contribution is -2.10. The van der Waals surface area contributed by atoms with Crippen LogP contribution in [0, 0.1) is 0 Å². The largest absolute Gasteiger partial charge is 0.480 e. The van der Waals surface area contributed by atoms with Crippen molar-refractivity contribution in [3.8, 4) is 0 Å². The highest BCUT2D eigenvalue weighted by molar-refractivity contribution is 5.68. The van der Waals surface area contributed by atoms with Crippen molar-refractivity contribution in [2.24, 2.45) is 5.73 Å². The minimum atomic E-state index is -0.968. The molecule has 0 unspecified atom stereocenters. The number of nitrogens with two attached hydrogens (primary N) is 1. The summed E-state index contributed by atoms with van der Waals surface area (Å²) in [4.78, 5) is 9.24. The van der Waals surface area contributed by atoms with Crippen LogP contribution in [0.3, 0.4) is 0 Å². The van der Waals surface area contributed by atoms with Crippen molar-refractivity contribution in [3.05, 3.63) is 24.3 Å². The molecule has 0 aliphatic carbocycles. The van der Waals surface area contributed by atoms with Gasteiger partial charge in [-0.15, -0.1) is 0 Å². The number of aliphatic hydroxyl groups is 1. The van der Waals surface area contributed by atoms with E-state index in [1.165, 1.54) is 0 Å². The third-order valence-electron chi connectivity index (χ3n) is 0.720. The first kappa shape index (κ1) is 13.5. The zero-order valence-corrected chi connectivity index (χ0v) is 7.10. The Kier molecular flexibility index (Phi) is 14.1. The second-order valence-corrected chi connectivity index (χ2v) is 1.73. The summed E-state index contributed by atoms with van der Waals surface area (Å²) < 4.78 is 0. The van der Waals surface area contributed by atoms with E-state index < -0.39 is 5.97 Å². The second-order valence-electron chi connectivity index (χ2n) is 1.73. The fourth-order valence-corrected chi connectivity index (χ4v) is 0.251. The lowest BCUT2D eigenvalue weighted by atomic mass is 10.4. The molecule has 0 aliphatic rings. The average Bonchev–Trinajstić information content (AvgIpc) is 2.07. The standard InChI is InChI=1S/C6H10O.C2H5NO2/c1-2-3-4-5-6-7;3-1-2(4)5/h2-5,7H,6H2,1H3;1,3H2,(H,4,5)/b3-2+,5-4+;. The third kappa shape index (κ3) is 23.2. The van der Waals surface area contributed by atoms with E-state index >= 15 is 0 Å². The Morgan fingerprint density at radius 1 is 1.50 bits per heavy atom. The molecular weight excluding hydrogens is 158 g/mol. The number of carboxylic acids is 1. The van der Waals surface area contributed by atoms with Gasteiger partial charge in [0.15, 0.2) is 0 Å². The van der Waals surface area contributed by atoms with E-state index in [0.717, 1.165) is 0 Å². The Morgan fingerprint density at radius 2 is 2.00 bits per heavy atom. The quantitative estimate of drug-likeness (QED) is 0.530. The van der Waals surface area contributed by atoms with E-state index in [-0.39, 0.29) is 13.2 Å². The van der Waals surface area contributed by atoms with Gasteiger partial charge in [-0.2, -0.15) is 0 Å². The molecule has 0 aromatic rings. The maximum atomic E-state index is 9.24. The van der Waals surface area contributed by atoms with Gasteiger partial charge in [-0.3, -0.25) is 4.79 Å². The van der Waals surface area contributed by atoms with Crippen molar-refractivity contribution in [3.63, 3.8) is 0 Å². The van der Waals surface area contributed by atoms with Crippen LogP contribution in [0.5, 0.6) is 0 Å². The Labute approximate surface area is 72.0 Å². The lowest BCUT2D eigenvalue weighted by Gasteiger charge is -1.73. The molecule has 0 saturated heterocycles. The Bertz CT molecular complexity index is 152. The fraction of sp³-hybridized carbons (Fsp3) is 0.375. The van der Waals surface area contributed by atoms with Gasteiger partial charge in [-0.05, 0) is 6.92 Å². The summed E-state index contributed by atoms with van der Waals surface area (Å²) in [7, 11) is 0. The molecule has 0 heterocycles. The van der Waals surface area contributed by atoms with Gasteiger partial charge in [0.1, 0.15) is 0 Å². The first-order valence-electron chi connectivity index (χ1n) is 3.49. The summed E-state index contributed by atoms with van der Waals surface area (Å²) in [6.07, 6.45) is 7.27. The molecule has 0 atom stereocenters. The maximum absolute atomic E-state index is 9.24. The van der Waals surface area contributed by atoms with Crippen LogP contribution in [0.2, 0.25) is 0 Å². The number of allylic oxidation sites excluding steroid dienone is 3. The monoisotopic (exact) mass is 173 g/mol. The minimum absolute atomic E-state index is 0.129. The molecule has 0 radical (unpaired) electrons. The predicted molar refractivity (Wildman–Crippen MR) is 47.7 cm³/mol. The zero-order chi connectivity index (χ0) is 9.82. The average molecular weight is 173 g/mol. The molecule has 0 aromatic carbocycles. The number of carboxylic acid groups (broad SMARTS) is 1. The molecule has 4 N–H and O–H groups in total. The minimum Gasteiger partial charge on any atom is -0.480 e. The molecular formula is C8H15NO3. The molecule has 4 nitrogen and oxygen atoms in total. The summed E-state index contributed by atoms with van der Waals surface area (Å²) in [5.41, 5.74) is 4.57. The SMILES string of the molecule is C/C=C/C=C/CO.NCC(=O)O. The number of aliphatic carboxylic acids is 1. The van der Waals surface area contributed by atoms with Crippen molar-refractivity contribution in [2.75, 3.05) is 13.2 Å². The molecule has 0 rings (SSSR count). The highest BCUT2D eigenvalue weighted by Crippen LogP contribution is 1.72. The summed E-state index contributed by atoms with van der Waals surface area (Å²) in [5.74, 6) is -0.968. The van der Waals surface area contributed by atoms with E-state index in [2.05, 4.69) is 5.73 Å². The summed E-state index contributed by atoms with van der Waals surface area (Å²) in [5, 5.41) is 15.8. The maximum Gasteiger partial charge on any atom is 0.317 e. The van der Waals surface area contributed by atoms with E-state index in [1.807, 2.05) is 19.1 Å². The van der Waals surface area contributed by atoms with Gasteiger partial charge in [0.05, 0.1) is 13.2 Å². The molecule has 0 bridgehead atoms. The van der Waals surface area contributed by atoms with Crippen LogP contribution in [-0.2, 0) is 4.79 Å². The molecule has 4 heteroatoms. The van der Waals surface area contributed by atoms with E-state index in [9.17, 15) is 4.79 Å². The Hall–Kier alpha value is -1.13. The molecule has 0 amide bonds. The van der Waals surface area contributed by atoms with Crippen LogP contribution in [0.1, 0.15) is 6.92 Å². The van der Waals surface area contributed by atoms with E-state index in [0.29, 0.717) is 0 Å². The van der Waals surface area contributed by atoms with Crippen LogP contribution in [0.4, 0.5) is 0 Å². The molecule has 0 aliphatic heterocycles. The van der Waals surface area contributed by atoms with Crippen molar-refractivity contribution in [1.82, 2.24) is 0 Å². The van der Waals surface area contributed by atoms with Gasteiger partial charge in [0.25, 0.3) is 0 Å². The van der Waals surface area contributed by atoms with Gasteiger partial charge in [0, 0.05) is 0 Å². The molecule has 0 fully saturated rings. The van der Waals surface area contributed by atoms with Crippen LogP contribution in [-0.4, -0.2) is 29.3 Å². The Balaban J connectivity index is 0. The first-order valence-corrected chi connectivity index (χ1v) is 3.49. The van der Waals surface area contributed by atoms with Crippen molar-refractivity contribution in [1.29, 1.82) is 0 Å². The van der Waals surface area contributed by atoms with Gasteiger partial charge in [-0.25, -0.2) is 0 Å². The summed E-state index contributed by atoms with van der Waals surface area (Å²) in [6.45, 7) is 1.78. The van der Waals surface area contributed by atoms with Gasteiger partial charge < -0.3 is 15.9 Å². The van der Waals surface area contributed by atoms with Crippen LogP contribution in [0.15, 0.2) is 24.3 Å². The normalized spacial score (nSPS) is 9.92. The predicted octanol–water partition coefficient (Wildman–Crippen LogP) is 0.141. The van der Waals surface area contributed by atoms with Crippen LogP contribution >= 0.6 is 0 Å². The lowest BCUT2D eigenvalue weighted by molar-refractivity contribution is -0.135. The highest BCUT2D eigenvalue weighted by Gasteiger charge is 1.81. The van der Waals surface area contributed by atoms with Crippen molar-refractivity contribution < 1.29 is 15.0 Å². The first-order chi connectivity index (χ1) is 5.68. The van der Waals surface area contributed by atoms with Gasteiger partial charge in [-0.1, -0.05) is 24.3 Å². The fourth-order valence-electron chi connectivity index (χ4n) is 0.251. The number of hydrogen-bond donors (Lipinski definition) is 3. The third-order valence-corrected chi connectivity index (χ3v) is 0.720. The second kappa shape index (κ2) is 12.5. The molecule has 0 aromatic heterocycles. The van der Waals surface area contributed by atoms with Gasteiger partial charge >= 0.3 is 5.97 Å². The van der Waals surface area contributed by atoms with Crippen LogP contribution in [0.25, 0.3) is 0 Å². The molecule has 70 valence electrons. The van der Waals surface area contributed by atoms with Crippen molar-refractivity contribution in [2.45, 2.75) is 6.92 Å². The van der Waals surface area contributed by atoms with Crippen LogP contribution < -0.4 is 5.73 Å². The zero-order valence-electron chi connectivity index (χ0n) is 7.10. The summed E-state index contributed by atoms with van der Waals surface area (Å²) >= 11 is 0. The number of carbonyl (C=O) groups is 1. The highest BCUT2D eigenvalue weighted by atomic mass is 16.4. The molecule has 12 heavy (non-hydrogen) atoms. The number of rotatable bonds is 3.